The van der Waals surface area contributed by atoms with E-state index in [1.54, 1.807) is 6.20 Å². The molecule has 17 heteroatoms. The van der Waals surface area contributed by atoms with Crippen LogP contribution >= 0.6 is 0 Å². The summed E-state index contributed by atoms with van der Waals surface area (Å²) >= 11 is 0. The Hall–Kier alpha value is -4.74. The molecule has 16 N–H and O–H groups in total. The molecule has 1 heterocycles. The maximum Gasteiger partial charge on any atom is 0.243 e. The van der Waals surface area contributed by atoms with E-state index in [-0.39, 0.29) is 30.6 Å². The van der Waals surface area contributed by atoms with Crippen molar-refractivity contribution in [3.63, 3.8) is 0 Å². The van der Waals surface area contributed by atoms with Gasteiger partial charge >= 0.3 is 0 Å². The number of nitrogens with zero attached hydrogens (tertiary/aromatic N) is 1. The van der Waals surface area contributed by atoms with Crippen LogP contribution in [0.1, 0.15) is 69.8 Å². The van der Waals surface area contributed by atoms with Crippen molar-refractivity contribution in [2.24, 2.45) is 33.7 Å². The Balaban J connectivity index is 1.48. The van der Waals surface area contributed by atoms with E-state index in [9.17, 15) is 24.0 Å². The van der Waals surface area contributed by atoms with Crippen LogP contribution in [-0.2, 0) is 30.4 Å². The highest BCUT2D eigenvalue weighted by molar-refractivity contribution is 5.94. The van der Waals surface area contributed by atoms with E-state index >= 15 is 0 Å². The SMILES string of the molecule is NC(=O)CC(NC(=O)Cc1c[nH]c2ccccc12)C(=O)NCCCCCNC(=O)C(N)CCCCNCCCNC(=O)C(N)CCCN=C(N)N. The number of carbonyl (C=O) groups excluding carboxylic acids is 5. The number of aromatic nitrogens is 1. The fraction of sp³-hybridized carbons (Fsp3) is 0.588. The number of hydrogen-bond donors (Lipinski definition) is 11. The Bertz CT molecular complexity index is 1410. The molecule has 0 spiro atoms. The predicted molar refractivity (Wildman–Crippen MR) is 198 cm³/mol. The molecule has 2 aromatic rings. The van der Waals surface area contributed by atoms with E-state index in [2.05, 4.69) is 36.6 Å². The maximum atomic E-state index is 12.7. The molecule has 51 heavy (non-hydrogen) atoms. The molecule has 2 rings (SSSR count). The molecule has 0 radical (unpaired) electrons. The first-order valence-electron chi connectivity index (χ1n) is 17.7. The highest BCUT2D eigenvalue weighted by Gasteiger charge is 2.23. The van der Waals surface area contributed by atoms with E-state index in [1.807, 2.05) is 24.3 Å². The van der Waals surface area contributed by atoms with Crippen LogP contribution in [0.2, 0.25) is 0 Å². The van der Waals surface area contributed by atoms with Gasteiger partial charge in [0.25, 0.3) is 0 Å². The molecule has 1 aromatic carbocycles. The lowest BCUT2D eigenvalue weighted by Crippen LogP contribution is -2.49. The van der Waals surface area contributed by atoms with Crippen LogP contribution < -0.4 is 55.3 Å². The highest BCUT2D eigenvalue weighted by atomic mass is 16.2. The number of aliphatic imine (C=N–C) groups is 1. The van der Waals surface area contributed by atoms with Gasteiger partial charge in [-0.15, -0.1) is 0 Å². The number of benzene rings is 1. The fourth-order valence-electron chi connectivity index (χ4n) is 5.29. The molecule has 5 amide bonds. The Morgan fingerprint density at radius 3 is 1.96 bits per heavy atom. The molecule has 3 atom stereocenters. The molecule has 284 valence electrons. The molecule has 1 aromatic heterocycles. The Morgan fingerprint density at radius 2 is 1.29 bits per heavy atom. The molecular formula is C34H58N12O5. The van der Waals surface area contributed by atoms with Crippen LogP contribution in [0.15, 0.2) is 35.5 Å². The topological polar surface area (TPSA) is 304 Å². The van der Waals surface area contributed by atoms with Gasteiger partial charge in [-0.1, -0.05) is 24.6 Å². The Morgan fingerprint density at radius 1 is 0.706 bits per heavy atom. The van der Waals surface area contributed by atoms with Crippen molar-refractivity contribution in [3.8, 4) is 0 Å². The summed E-state index contributed by atoms with van der Waals surface area (Å²) in [6, 6.07) is 5.34. The van der Waals surface area contributed by atoms with E-state index in [1.165, 1.54) is 0 Å². The molecule has 0 aliphatic carbocycles. The van der Waals surface area contributed by atoms with Gasteiger partial charge in [0.15, 0.2) is 5.96 Å². The van der Waals surface area contributed by atoms with Gasteiger partial charge in [0.05, 0.1) is 24.9 Å². The third-order valence-electron chi connectivity index (χ3n) is 8.12. The van der Waals surface area contributed by atoms with E-state index in [0.29, 0.717) is 58.3 Å². The van der Waals surface area contributed by atoms with E-state index < -0.39 is 35.8 Å². The monoisotopic (exact) mass is 714 g/mol. The predicted octanol–water partition coefficient (Wildman–Crippen LogP) is -1.55. The van der Waals surface area contributed by atoms with E-state index in [0.717, 1.165) is 55.2 Å². The highest BCUT2D eigenvalue weighted by Crippen LogP contribution is 2.18. The second-order valence-corrected chi connectivity index (χ2v) is 12.5. The second kappa shape index (κ2) is 24.4. The average molecular weight is 715 g/mol. The van der Waals surface area contributed by atoms with Crippen LogP contribution in [-0.4, -0.2) is 97.9 Å². The van der Waals surface area contributed by atoms with Gasteiger partial charge in [0.1, 0.15) is 6.04 Å². The zero-order chi connectivity index (χ0) is 37.4. The molecule has 0 fully saturated rings. The number of para-hydroxylation sites is 1. The summed E-state index contributed by atoms with van der Waals surface area (Å²) < 4.78 is 0. The Kier molecular flexibility index (Phi) is 20.3. The van der Waals surface area contributed by atoms with Gasteiger partial charge in [0.2, 0.25) is 29.5 Å². The first kappa shape index (κ1) is 42.4. The zero-order valence-corrected chi connectivity index (χ0v) is 29.5. The van der Waals surface area contributed by atoms with Gasteiger partial charge in [0, 0.05) is 43.3 Å². The molecule has 0 aliphatic rings. The minimum atomic E-state index is -1.07. The lowest BCUT2D eigenvalue weighted by atomic mass is 10.1. The van der Waals surface area contributed by atoms with Crippen LogP contribution in [0.4, 0.5) is 0 Å². The van der Waals surface area contributed by atoms with Crippen molar-refractivity contribution >= 4 is 46.4 Å². The molecule has 17 nitrogen and oxygen atoms in total. The number of unbranched alkanes of at least 4 members (excludes halogenated alkanes) is 3. The lowest BCUT2D eigenvalue weighted by molar-refractivity contribution is -0.131. The van der Waals surface area contributed by atoms with Crippen molar-refractivity contribution in [1.29, 1.82) is 0 Å². The molecule has 0 aliphatic heterocycles. The van der Waals surface area contributed by atoms with E-state index in [4.69, 9.17) is 28.7 Å². The number of fused-ring (bicyclic) bond motifs is 1. The van der Waals surface area contributed by atoms with Crippen LogP contribution in [0.5, 0.6) is 0 Å². The zero-order valence-electron chi connectivity index (χ0n) is 29.5. The number of hydrogen-bond acceptors (Lipinski definition) is 9. The van der Waals surface area contributed by atoms with Crippen molar-refractivity contribution in [2.75, 3.05) is 39.3 Å². The quantitative estimate of drug-likeness (QED) is 0.0287. The molecule has 3 unspecified atom stereocenters. The summed E-state index contributed by atoms with van der Waals surface area (Å²) in [5.41, 5.74) is 29.5. The number of nitrogens with one attached hydrogen (secondary N) is 6. The number of primary amides is 1. The number of aromatic amines is 1. The normalized spacial score (nSPS) is 12.7. The third-order valence-corrected chi connectivity index (χ3v) is 8.12. The van der Waals surface area contributed by atoms with Gasteiger partial charge in [-0.2, -0.15) is 0 Å². The lowest BCUT2D eigenvalue weighted by Gasteiger charge is -2.17. The van der Waals surface area contributed by atoms with Crippen molar-refractivity contribution < 1.29 is 24.0 Å². The summed E-state index contributed by atoms with van der Waals surface area (Å²) in [6.07, 6.45) is 7.72. The minimum absolute atomic E-state index is 0.0232. The fourth-order valence-corrected chi connectivity index (χ4v) is 5.29. The first-order chi connectivity index (χ1) is 24.5. The molecule has 0 saturated heterocycles. The van der Waals surface area contributed by atoms with Crippen molar-refractivity contribution in [1.82, 2.24) is 31.6 Å². The average Bonchev–Trinajstić information content (AvgIpc) is 3.50. The number of carbonyl (C=O) groups is 5. The minimum Gasteiger partial charge on any atom is -0.370 e. The smallest absolute Gasteiger partial charge is 0.243 e. The number of amides is 5. The number of H-pyrrole nitrogens is 1. The summed E-state index contributed by atoms with van der Waals surface area (Å²) in [7, 11) is 0. The van der Waals surface area contributed by atoms with Crippen LogP contribution in [0, 0.1) is 0 Å². The standard InChI is InChI=1S/C34H58N12O5/c35-25(11-4-7-14-40-15-9-19-42-32(50)26(36)12-8-18-44-34(38)39)31(49)41-16-5-1-6-17-43-33(51)28(21-29(37)47)46-30(48)20-23-22-45-27-13-3-2-10-24(23)27/h2-3,10,13,22,25-26,28,40,45H,1,4-9,11-12,14-21,35-36H2,(H2,37,47)(H,41,49)(H,42,50)(H,43,51)(H,46,48)(H4,38,39,44). The summed E-state index contributed by atoms with van der Waals surface area (Å²) in [5.74, 6) is -1.93. The number of rotatable bonds is 27. The first-order valence-corrected chi connectivity index (χ1v) is 17.7. The van der Waals surface area contributed by atoms with Gasteiger partial charge in [-0.05, 0) is 76.1 Å². The van der Waals surface area contributed by atoms with Gasteiger partial charge < -0.3 is 60.2 Å². The summed E-state index contributed by atoms with van der Waals surface area (Å²) in [5, 5.41) is 15.3. The van der Waals surface area contributed by atoms with Crippen LogP contribution in [0.25, 0.3) is 10.9 Å². The number of nitrogens with two attached hydrogens (primary N) is 5. The maximum absolute atomic E-state index is 12.7. The van der Waals surface area contributed by atoms with Crippen molar-refractivity contribution in [2.45, 2.75) is 88.8 Å². The van der Waals surface area contributed by atoms with Gasteiger partial charge in [-0.3, -0.25) is 29.0 Å². The largest absolute Gasteiger partial charge is 0.370 e. The summed E-state index contributed by atoms with van der Waals surface area (Å²) in [6.45, 7) is 3.31. The van der Waals surface area contributed by atoms with Crippen molar-refractivity contribution in [3.05, 3.63) is 36.0 Å². The van der Waals surface area contributed by atoms with Crippen LogP contribution in [0.3, 0.4) is 0 Å². The van der Waals surface area contributed by atoms with Gasteiger partial charge in [-0.25, -0.2) is 0 Å². The molecular weight excluding hydrogens is 656 g/mol. The number of guanidine groups is 1. The third kappa shape index (κ3) is 18.2. The molecule has 0 saturated carbocycles. The second-order valence-electron chi connectivity index (χ2n) is 12.5. The Labute approximate surface area is 299 Å². The summed E-state index contributed by atoms with van der Waals surface area (Å²) in [4.78, 5) is 68.3. The molecule has 0 bridgehead atoms.